The number of rotatable bonds is 5. The van der Waals surface area contributed by atoms with E-state index in [9.17, 15) is 0 Å². The first-order chi connectivity index (χ1) is 7.52. The van der Waals surface area contributed by atoms with Crippen LogP contribution in [0.25, 0.3) is 0 Å². The Labute approximate surface area is 99.8 Å². The lowest BCUT2D eigenvalue weighted by molar-refractivity contribution is 0.450. The zero-order valence-electron chi connectivity index (χ0n) is 10.9. The molecule has 2 heteroatoms. The molecule has 1 aliphatic carbocycles. The molecular weight excluding hydrogens is 196 g/mol. The van der Waals surface area contributed by atoms with E-state index in [0.717, 1.165) is 18.5 Å². The summed E-state index contributed by atoms with van der Waals surface area (Å²) in [7, 11) is 0. The predicted octanol–water partition coefficient (Wildman–Crippen LogP) is 3.09. The molecule has 0 aliphatic heterocycles. The Morgan fingerprint density at radius 3 is 2.69 bits per heavy atom. The highest BCUT2D eigenvalue weighted by Gasteiger charge is 2.27. The highest BCUT2D eigenvalue weighted by Crippen LogP contribution is 2.32. The standard InChI is InChI=1S/C14H26N2/c1-4-6-7-11(3)12-10-14(16,5-2)9-8-13(12)15/h8-9,11H,4-7,10,15-16H2,1-3H3. The predicted molar refractivity (Wildman–Crippen MR) is 70.9 cm³/mol. The van der Waals surface area contributed by atoms with Crippen LogP contribution < -0.4 is 11.5 Å². The minimum Gasteiger partial charge on any atom is -0.399 e. The largest absolute Gasteiger partial charge is 0.399 e. The van der Waals surface area contributed by atoms with Crippen LogP contribution in [-0.2, 0) is 0 Å². The molecule has 92 valence electrons. The molecule has 2 unspecified atom stereocenters. The molecule has 1 rings (SSSR count). The van der Waals surface area contributed by atoms with Crippen LogP contribution in [0, 0.1) is 5.92 Å². The maximum Gasteiger partial charge on any atom is 0.0378 e. The van der Waals surface area contributed by atoms with Crippen LogP contribution in [0.1, 0.15) is 52.9 Å². The molecule has 0 fully saturated rings. The van der Waals surface area contributed by atoms with E-state index in [1.807, 2.05) is 6.08 Å². The lowest BCUT2D eigenvalue weighted by Crippen LogP contribution is -2.40. The van der Waals surface area contributed by atoms with Crippen molar-refractivity contribution >= 4 is 0 Å². The number of hydrogen-bond donors (Lipinski definition) is 2. The molecule has 0 radical (unpaired) electrons. The third-order valence-corrected chi connectivity index (χ3v) is 3.73. The first-order valence-electron chi connectivity index (χ1n) is 6.49. The first-order valence-corrected chi connectivity index (χ1v) is 6.49. The molecule has 0 saturated carbocycles. The number of nitrogens with two attached hydrogens (primary N) is 2. The van der Waals surface area contributed by atoms with E-state index in [1.54, 1.807) is 0 Å². The minimum atomic E-state index is -0.168. The molecule has 1 aliphatic rings. The molecular formula is C14H26N2. The van der Waals surface area contributed by atoms with Gasteiger partial charge in [-0.2, -0.15) is 0 Å². The second-order valence-corrected chi connectivity index (χ2v) is 5.12. The second kappa shape index (κ2) is 5.53. The Morgan fingerprint density at radius 1 is 1.44 bits per heavy atom. The summed E-state index contributed by atoms with van der Waals surface area (Å²) < 4.78 is 0. The third-order valence-electron chi connectivity index (χ3n) is 3.73. The fourth-order valence-electron chi connectivity index (χ4n) is 2.26. The Kier molecular flexibility index (Phi) is 4.60. The van der Waals surface area contributed by atoms with Crippen molar-refractivity contribution in [2.45, 2.75) is 58.4 Å². The van der Waals surface area contributed by atoms with Crippen LogP contribution in [0.3, 0.4) is 0 Å². The van der Waals surface area contributed by atoms with E-state index in [2.05, 4.69) is 26.8 Å². The van der Waals surface area contributed by atoms with Gasteiger partial charge >= 0.3 is 0 Å². The third kappa shape index (κ3) is 3.11. The smallest absolute Gasteiger partial charge is 0.0378 e. The Bertz CT molecular complexity index is 291. The van der Waals surface area contributed by atoms with Crippen molar-refractivity contribution in [3.05, 3.63) is 23.4 Å². The molecule has 0 aromatic heterocycles. The van der Waals surface area contributed by atoms with Gasteiger partial charge in [0.2, 0.25) is 0 Å². The Hall–Kier alpha value is -0.760. The van der Waals surface area contributed by atoms with Gasteiger partial charge in [-0.15, -0.1) is 0 Å². The normalized spacial score (nSPS) is 27.2. The quantitative estimate of drug-likeness (QED) is 0.751. The van der Waals surface area contributed by atoms with E-state index in [4.69, 9.17) is 11.5 Å². The Balaban J connectivity index is 2.74. The fraction of sp³-hybridized carbons (Fsp3) is 0.714. The van der Waals surface area contributed by atoms with Gasteiger partial charge in [0.05, 0.1) is 0 Å². The maximum atomic E-state index is 6.30. The van der Waals surface area contributed by atoms with Crippen molar-refractivity contribution < 1.29 is 0 Å². The van der Waals surface area contributed by atoms with Crippen LogP contribution in [0.5, 0.6) is 0 Å². The lowest BCUT2D eigenvalue weighted by atomic mass is 9.78. The topological polar surface area (TPSA) is 52.0 Å². The fourth-order valence-corrected chi connectivity index (χ4v) is 2.26. The summed E-state index contributed by atoms with van der Waals surface area (Å²) in [6.07, 6.45) is 9.71. The molecule has 0 spiro atoms. The molecule has 0 amide bonds. The summed E-state index contributed by atoms with van der Waals surface area (Å²) in [4.78, 5) is 0. The zero-order valence-corrected chi connectivity index (χ0v) is 10.9. The monoisotopic (exact) mass is 222 g/mol. The average Bonchev–Trinajstić information content (AvgIpc) is 2.29. The van der Waals surface area contributed by atoms with Crippen LogP contribution in [-0.4, -0.2) is 5.54 Å². The molecule has 4 N–H and O–H groups in total. The maximum absolute atomic E-state index is 6.30. The molecule has 16 heavy (non-hydrogen) atoms. The number of unbranched alkanes of at least 4 members (excludes halogenated alkanes) is 1. The molecule has 0 bridgehead atoms. The zero-order chi connectivity index (χ0) is 12.2. The van der Waals surface area contributed by atoms with E-state index < -0.39 is 0 Å². The van der Waals surface area contributed by atoms with Gasteiger partial charge < -0.3 is 11.5 Å². The molecule has 2 atom stereocenters. The van der Waals surface area contributed by atoms with Crippen molar-refractivity contribution in [2.24, 2.45) is 17.4 Å². The van der Waals surface area contributed by atoms with Crippen LogP contribution in [0.4, 0.5) is 0 Å². The van der Waals surface area contributed by atoms with Crippen LogP contribution >= 0.6 is 0 Å². The summed E-state index contributed by atoms with van der Waals surface area (Å²) >= 11 is 0. The molecule has 2 nitrogen and oxygen atoms in total. The van der Waals surface area contributed by atoms with Crippen molar-refractivity contribution in [1.29, 1.82) is 0 Å². The summed E-state index contributed by atoms with van der Waals surface area (Å²) in [5.74, 6) is 0.569. The summed E-state index contributed by atoms with van der Waals surface area (Å²) in [5, 5.41) is 0. The summed E-state index contributed by atoms with van der Waals surface area (Å²) in [6.45, 7) is 6.64. The van der Waals surface area contributed by atoms with E-state index in [0.29, 0.717) is 5.92 Å². The van der Waals surface area contributed by atoms with E-state index in [-0.39, 0.29) is 5.54 Å². The van der Waals surface area contributed by atoms with Crippen molar-refractivity contribution in [3.63, 3.8) is 0 Å². The summed E-state index contributed by atoms with van der Waals surface area (Å²) in [5.41, 5.74) is 14.5. The highest BCUT2D eigenvalue weighted by atomic mass is 14.7. The van der Waals surface area contributed by atoms with Gasteiger partial charge in [0.25, 0.3) is 0 Å². The van der Waals surface area contributed by atoms with Gasteiger partial charge in [0.15, 0.2) is 0 Å². The van der Waals surface area contributed by atoms with Gasteiger partial charge in [0, 0.05) is 11.2 Å². The van der Waals surface area contributed by atoms with E-state index in [1.165, 1.54) is 24.8 Å². The van der Waals surface area contributed by atoms with Gasteiger partial charge in [-0.3, -0.25) is 0 Å². The lowest BCUT2D eigenvalue weighted by Gasteiger charge is -2.32. The SMILES string of the molecule is CCCCC(C)C1=C(N)C=CC(N)(CC)C1. The minimum absolute atomic E-state index is 0.168. The second-order valence-electron chi connectivity index (χ2n) is 5.12. The van der Waals surface area contributed by atoms with Crippen molar-refractivity contribution in [2.75, 3.05) is 0 Å². The van der Waals surface area contributed by atoms with Gasteiger partial charge in [-0.05, 0) is 36.8 Å². The highest BCUT2D eigenvalue weighted by molar-refractivity contribution is 5.34. The number of hydrogen-bond acceptors (Lipinski definition) is 2. The molecule has 0 aromatic carbocycles. The van der Waals surface area contributed by atoms with E-state index >= 15 is 0 Å². The van der Waals surface area contributed by atoms with Crippen molar-refractivity contribution in [3.8, 4) is 0 Å². The Morgan fingerprint density at radius 2 is 2.12 bits per heavy atom. The molecule has 0 heterocycles. The average molecular weight is 222 g/mol. The van der Waals surface area contributed by atoms with Gasteiger partial charge in [0.1, 0.15) is 0 Å². The van der Waals surface area contributed by atoms with Gasteiger partial charge in [-0.1, -0.05) is 39.7 Å². The van der Waals surface area contributed by atoms with Crippen molar-refractivity contribution in [1.82, 2.24) is 0 Å². The molecule has 0 saturated heterocycles. The van der Waals surface area contributed by atoms with Gasteiger partial charge in [-0.25, -0.2) is 0 Å². The van der Waals surface area contributed by atoms with Crippen LogP contribution in [0.15, 0.2) is 23.4 Å². The number of allylic oxidation sites excluding steroid dienone is 1. The first kappa shape index (κ1) is 13.3. The summed E-state index contributed by atoms with van der Waals surface area (Å²) in [6, 6.07) is 0. The van der Waals surface area contributed by atoms with Crippen LogP contribution in [0.2, 0.25) is 0 Å². The molecule has 0 aromatic rings.